The van der Waals surface area contributed by atoms with Gasteiger partial charge in [0.15, 0.2) is 15.7 Å². The molecule has 1 unspecified atom stereocenters. The highest BCUT2D eigenvalue weighted by molar-refractivity contribution is 7.91. The van der Waals surface area contributed by atoms with Crippen molar-refractivity contribution < 1.29 is 18.4 Å². The van der Waals surface area contributed by atoms with Gasteiger partial charge in [0.05, 0.1) is 16.7 Å². The molecule has 1 rings (SSSR count). The third kappa shape index (κ3) is 4.72. The van der Waals surface area contributed by atoms with E-state index in [1.54, 1.807) is 6.92 Å². The van der Waals surface area contributed by atoms with Gasteiger partial charge in [-0.3, -0.25) is 4.79 Å². The lowest BCUT2D eigenvalue weighted by molar-refractivity contribution is -0.119. The van der Waals surface area contributed by atoms with E-state index in [2.05, 4.69) is 10.5 Å². The number of sulfone groups is 1. The second kappa shape index (κ2) is 7.04. The van der Waals surface area contributed by atoms with Crippen molar-refractivity contribution in [2.45, 2.75) is 17.9 Å². The number of carbonyl (C=O) groups excluding carboxylic acids is 1. The van der Waals surface area contributed by atoms with E-state index < -0.39 is 21.8 Å². The number of rotatable bonds is 7. The van der Waals surface area contributed by atoms with Crippen LogP contribution >= 0.6 is 0 Å². The molecule has 0 saturated carbocycles. The molecule has 1 amide bonds. The van der Waals surface area contributed by atoms with Crippen LogP contribution in [0.3, 0.4) is 0 Å². The maximum absolute atomic E-state index is 12.1. The van der Waals surface area contributed by atoms with Crippen LogP contribution in [0, 0.1) is 0 Å². The standard InChI is InChI=1S/C12H18N4O4S/c1-8(12(14)17)15-6-7-21(19,20)10-4-2-9(3-5-10)11(13)16-18/h2-5,8,15,18H,6-7H2,1H3,(H2,13,16)(H2,14,17). The van der Waals surface area contributed by atoms with E-state index in [4.69, 9.17) is 16.7 Å². The quantitative estimate of drug-likeness (QED) is 0.220. The van der Waals surface area contributed by atoms with E-state index in [0.717, 1.165) is 0 Å². The summed E-state index contributed by atoms with van der Waals surface area (Å²) in [5, 5.41) is 14.1. The Bertz CT molecular complexity index is 625. The summed E-state index contributed by atoms with van der Waals surface area (Å²) >= 11 is 0. The van der Waals surface area contributed by atoms with Crippen molar-refractivity contribution in [2.75, 3.05) is 12.3 Å². The normalized spacial score (nSPS) is 13.9. The Morgan fingerprint density at radius 1 is 1.33 bits per heavy atom. The van der Waals surface area contributed by atoms with Crippen LogP contribution in [0.2, 0.25) is 0 Å². The number of primary amides is 1. The summed E-state index contributed by atoms with van der Waals surface area (Å²) in [7, 11) is -3.49. The molecule has 0 bridgehead atoms. The maximum atomic E-state index is 12.1. The van der Waals surface area contributed by atoms with E-state index in [-0.39, 0.29) is 23.0 Å². The number of hydrogen-bond acceptors (Lipinski definition) is 6. The lowest BCUT2D eigenvalue weighted by Crippen LogP contribution is -2.40. The van der Waals surface area contributed by atoms with Gasteiger partial charge in [0.25, 0.3) is 0 Å². The molecular formula is C12H18N4O4S. The highest BCUT2D eigenvalue weighted by atomic mass is 32.2. The molecule has 0 saturated heterocycles. The zero-order valence-electron chi connectivity index (χ0n) is 11.5. The van der Waals surface area contributed by atoms with E-state index in [1.807, 2.05) is 0 Å². The van der Waals surface area contributed by atoms with Crippen LogP contribution in [0.25, 0.3) is 0 Å². The SMILES string of the molecule is CC(NCCS(=O)(=O)c1ccc(/C(N)=N/O)cc1)C(N)=O. The number of hydrogen-bond donors (Lipinski definition) is 4. The van der Waals surface area contributed by atoms with Crippen LogP contribution in [-0.2, 0) is 14.6 Å². The minimum absolute atomic E-state index is 0.101. The number of nitrogens with one attached hydrogen (secondary N) is 1. The van der Waals surface area contributed by atoms with Crippen LogP contribution < -0.4 is 16.8 Å². The number of benzene rings is 1. The number of nitrogens with two attached hydrogens (primary N) is 2. The van der Waals surface area contributed by atoms with Crippen LogP contribution in [0.15, 0.2) is 34.3 Å². The molecule has 116 valence electrons. The molecule has 0 fully saturated rings. The first-order valence-corrected chi connectivity index (χ1v) is 7.76. The average Bonchev–Trinajstić information content (AvgIpc) is 2.46. The minimum Gasteiger partial charge on any atom is -0.409 e. The Kier molecular flexibility index (Phi) is 5.68. The Balaban J connectivity index is 2.73. The van der Waals surface area contributed by atoms with E-state index in [9.17, 15) is 13.2 Å². The van der Waals surface area contributed by atoms with Crippen molar-refractivity contribution in [1.29, 1.82) is 0 Å². The molecule has 1 atom stereocenters. The molecule has 0 aliphatic heterocycles. The first-order valence-electron chi connectivity index (χ1n) is 6.11. The summed E-state index contributed by atoms with van der Waals surface area (Å²) in [4.78, 5) is 10.9. The molecule has 0 spiro atoms. The summed E-state index contributed by atoms with van der Waals surface area (Å²) in [6.45, 7) is 1.66. The van der Waals surface area contributed by atoms with Crippen molar-refractivity contribution in [1.82, 2.24) is 5.32 Å². The third-order valence-corrected chi connectivity index (χ3v) is 4.60. The molecule has 1 aromatic carbocycles. The van der Waals surface area contributed by atoms with Gasteiger partial charge in [-0.15, -0.1) is 0 Å². The first kappa shape index (κ1) is 16.9. The Hall–Kier alpha value is -2.13. The van der Waals surface area contributed by atoms with Gasteiger partial charge in [0.1, 0.15) is 0 Å². The smallest absolute Gasteiger partial charge is 0.234 e. The molecule has 0 heterocycles. The fraction of sp³-hybridized carbons (Fsp3) is 0.333. The second-order valence-electron chi connectivity index (χ2n) is 4.41. The van der Waals surface area contributed by atoms with Gasteiger partial charge < -0.3 is 22.0 Å². The molecule has 1 aromatic rings. The van der Waals surface area contributed by atoms with Gasteiger partial charge in [0.2, 0.25) is 5.91 Å². The molecule has 6 N–H and O–H groups in total. The monoisotopic (exact) mass is 314 g/mol. The molecule has 0 radical (unpaired) electrons. The van der Waals surface area contributed by atoms with Crippen molar-refractivity contribution in [3.63, 3.8) is 0 Å². The topological polar surface area (TPSA) is 148 Å². The van der Waals surface area contributed by atoms with E-state index >= 15 is 0 Å². The largest absolute Gasteiger partial charge is 0.409 e. The van der Waals surface area contributed by atoms with E-state index in [0.29, 0.717) is 5.56 Å². The summed E-state index contributed by atoms with van der Waals surface area (Å²) < 4.78 is 24.1. The Morgan fingerprint density at radius 3 is 2.38 bits per heavy atom. The maximum Gasteiger partial charge on any atom is 0.234 e. The van der Waals surface area contributed by atoms with Gasteiger partial charge in [0, 0.05) is 12.1 Å². The molecule has 9 heteroatoms. The Labute approximate surface area is 122 Å². The molecule has 0 aliphatic rings. The van der Waals surface area contributed by atoms with Crippen molar-refractivity contribution in [2.24, 2.45) is 16.6 Å². The molecule has 8 nitrogen and oxygen atoms in total. The van der Waals surface area contributed by atoms with Crippen LogP contribution in [0.4, 0.5) is 0 Å². The predicted molar refractivity (Wildman–Crippen MR) is 77.7 cm³/mol. The number of amides is 1. The molecular weight excluding hydrogens is 296 g/mol. The molecule has 0 aliphatic carbocycles. The lowest BCUT2D eigenvalue weighted by atomic mass is 10.2. The van der Waals surface area contributed by atoms with Crippen LogP contribution in [-0.4, -0.2) is 43.7 Å². The Morgan fingerprint density at radius 2 is 1.90 bits per heavy atom. The number of carbonyl (C=O) groups is 1. The number of nitrogens with zero attached hydrogens (tertiary/aromatic N) is 1. The summed E-state index contributed by atoms with van der Waals surface area (Å²) in [5.41, 5.74) is 10.9. The van der Waals surface area contributed by atoms with Gasteiger partial charge in [-0.25, -0.2) is 8.42 Å². The zero-order valence-corrected chi connectivity index (χ0v) is 12.3. The van der Waals surface area contributed by atoms with Crippen LogP contribution in [0.5, 0.6) is 0 Å². The fourth-order valence-corrected chi connectivity index (χ4v) is 2.69. The van der Waals surface area contributed by atoms with E-state index in [1.165, 1.54) is 24.3 Å². The van der Waals surface area contributed by atoms with Crippen molar-refractivity contribution >= 4 is 21.6 Å². The summed E-state index contributed by atoms with van der Waals surface area (Å²) in [5.74, 6) is -0.820. The zero-order chi connectivity index (χ0) is 16.0. The summed E-state index contributed by atoms with van der Waals surface area (Å²) in [6, 6.07) is 5.05. The molecule has 0 aromatic heterocycles. The minimum atomic E-state index is -3.49. The summed E-state index contributed by atoms with van der Waals surface area (Å²) in [6.07, 6.45) is 0. The second-order valence-corrected chi connectivity index (χ2v) is 6.52. The number of oxime groups is 1. The van der Waals surface area contributed by atoms with Crippen molar-refractivity contribution in [3.05, 3.63) is 29.8 Å². The van der Waals surface area contributed by atoms with Gasteiger partial charge in [-0.05, 0) is 31.2 Å². The number of amidine groups is 1. The third-order valence-electron chi connectivity index (χ3n) is 2.87. The van der Waals surface area contributed by atoms with Crippen LogP contribution in [0.1, 0.15) is 12.5 Å². The average molecular weight is 314 g/mol. The molecule has 21 heavy (non-hydrogen) atoms. The highest BCUT2D eigenvalue weighted by Crippen LogP contribution is 2.12. The van der Waals surface area contributed by atoms with Gasteiger partial charge >= 0.3 is 0 Å². The first-order chi connectivity index (χ1) is 9.77. The van der Waals surface area contributed by atoms with Gasteiger partial charge in [-0.2, -0.15) is 0 Å². The van der Waals surface area contributed by atoms with Gasteiger partial charge in [-0.1, -0.05) is 5.16 Å². The lowest BCUT2D eigenvalue weighted by Gasteiger charge is -2.10. The fourth-order valence-electron chi connectivity index (χ4n) is 1.52. The highest BCUT2D eigenvalue weighted by Gasteiger charge is 2.16. The van der Waals surface area contributed by atoms with Crippen molar-refractivity contribution in [3.8, 4) is 0 Å². The predicted octanol–water partition coefficient (Wildman–Crippen LogP) is -0.982.